The maximum Gasteiger partial charge on any atom is 0.261 e. The zero-order chi connectivity index (χ0) is 22.3. The standard InChI is InChI=1S/C22H25Br2ClN2O3/c1-14(2)11-26-22(29)15(3)27(12-16-5-4-6-17(23)9-16)21(28)13-30-20-8-7-18(25)10-19(20)24/h4-10,14-15H,11-13H2,1-3H3,(H,26,29)/t15-/m0/s1. The Hall–Kier alpha value is -1.57. The van der Waals surface area contributed by atoms with E-state index in [9.17, 15) is 9.59 Å². The van der Waals surface area contributed by atoms with Crippen LogP contribution in [0.25, 0.3) is 0 Å². The smallest absolute Gasteiger partial charge is 0.261 e. The molecule has 1 atom stereocenters. The van der Waals surface area contributed by atoms with Gasteiger partial charge in [-0.2, -0.15) is 0 Å². The zero-order valence-corrected chi connectivity index (χ0v) is 21.1. The van der Waals surface area contributed by atoms with E-state index in [-0.39, 0.29) is 18.4 Å². The molecule has 0 fully saturated rings. The maximum absolute atomic E-state index is 13.0. The minimum atomic E-state index is -0.646. The van der Waals surface area contributed by atoms with E-state index in [1.54, 1.807) is 25.1 Å². The van der Waals surface area contributed by atoms with Crippen LogP contribution in [0.4, 0.5) is 0 Å². The average Bonchev–Trinajstić information content (AvgIpc) is 2.68. The van der Waals surface area contributed by atoms with Crippen molar-refractivity contribution in [3.8, 4) is 5.75 Å². The van der Waals surface area contributed by atoms with Crippen molar-refractivity contribution in [2.24, 2.45) is 5.92 Å². The topological polar surface area (TPSA) is 58.6 Å². The average molecular weight is 561 g/mol. The predicted octanol–water partition coefficient (Wildman–Crippen LogP) is 5.43. The lowest BCUT2D eigenvalue weighted by molar-refractivity contribution is -0.142. The molecule has 0 aromatic heterocycles. The predicted molar refractivity (Wildman–Crippen MR) is 127 cm³/mol. The molecule has 0 aliphatic carbocycles. The number of carbonyl (C=O) groups excluding carboxylic acids is 2. The first-order valence-electron chi connectivity index (χ1n) is 9.57. The molecular weight excluding hydrogens is 536 g/mol. The lowest BCUT2D eigenvalue weighted by atomic mass is 10.1. The number of nitrogens with zero attached hydrogens (tertiary/aromatic N) is 1. The van der Waals surface area contributed by atoms with Crippen LogP contribution in [-0.4, -0.2) is 35.9 Å². The summed E-state index contributed by atoms with van der Waals surface area (Å²) < 4.78 is 7.25. The van der Waals surface area contributed by atoms with Crippen molar-refractivity contribution >= 4 is 55.3 Å². The molecule has 0 aliphatic heterocycles. The van der Waals surface area contributed by atoms with E-state index in [1.165, 1.54) is 4.90 Å². The second-order valence-electron chi connectivity index (χ2n) is 7.33. The van der Waals surface area contributed by atoms with Crippen LogP contribution in [0.1, 0.15) is 26.3 Å². The molecular formula is C22H25Br2ClN2O3. The second kappa shape index (κ2) is 11.7. The molecule has 0 heterocycles. The number of rotatable bonds is 9. The van der Waals surface area contributed by atoms with Crippen LogP contribution in [0.15, 0.2) is 51.4 Å². The third-order valence-electron chi connectivity index (χ3n) is 4.34. The third kappa shape index (κ3) is 7.60. The number of hydrogen-bond acceptors (Lipinski definition) is 3. The number of nitrogens with one attached hydrogen (secondary N) is 1. The summed E-state index contributed by atoms with van der Waals surface area (Å²) >= 11 is 12.8. The van der Waals surface area contributed by atoms with Gasteiger partial charge in [0.2, 0.25) is 5.91 Å². The molecule has 0 radical (unpaired) electrons. The fourth-order valence-corrected chi connectivity index (χ4v) is 3.93. The highest BCUT2D eigenvalue weighted by Gasteiger charge is 2.26. The highest BCUT2D eigenvalue weighted by molar-refractivity contribution is 9.10. The first kappa shape index (κ1) is 24.7. The van der Waals surface area contributed by atoms with Crippen molar-refractivity contribution in [1.82, 2.24) is 10.2 Å². The number of hydrogen-bond donors (Lipinski definition) is 1. The lowest BCUT2D eigenvalue weighted by Crippen LogP contribution is -2.49. The zero-order valence-electron chi connectivity index (χ0n) is 17.1. The molecule has 2 aromatic carbocycles. The molecule has 2 aromatic rings. The summed E-state index contributed by atoms with van der Waals surface area (Å²) in [6.07, 6.45) is 0. The van der Waals surface area contributed by atoms with E-state index in [0.717, 1.165) is 10.0 Å². The number of benzene rings is 2. The Morgan fingerprint density at radius 2 is 1.87 bits per heavy atom. The van der Waals surface area contributed by atoms with Gasteiger partial charge in [-0.1, -0.05) is 53.5 Å². The minimum Gasteiger partial charge on any atom is -0.483 e. The summed E-state index contributed by atoms with van der Waals surface area (Å²) in [5.74, 6) is 0.344. The Bertz CT molecular complexity index is 892. The Morgan fingerprint density at radius 1 is 1.13 bits per heavy atom. The van der Waals surface area contributed by atoms with Crippen molar-refractivity contribution in [1.29, 1.82) is 0 Å². The number of carbonyl (C=O) groups is 2. The van der Waals surface area contributed by atoms with Crippen molar-refractivity contribution < 1.29 is 14.3 Å². The SMILES string of the molecule is CC(C)CNC(=O)[C@H](C)N(Cc1cccc(Br)c1)C(=O)COc1ccc(Cl)cc1Br. The van der Waals surface area contributed by atoms with E-state index in [2.05, 4.69) is 37.2 Å². The Balaban J connectivity index is 2.15. The molecule has 5 nitrogen and oxygen atoms in total. The first-order valence-corrected chi connectivity index (χ1v) is 11.5. The fraction of sp³-hybridized carbons (Fsp3) is 0.364. The molecule has 2 rings (SSSR count). The van der Waals surface area contributed by atoms with Gasteiger partial charge in [0, 0.05) is 22.6 Å². The Morgan fingerprint density at radius 3 is 2.50 bits per heavy atom. The molecule has 30 heavy (non-hydrogen) atoms. The molecule has 0 aliphatic rings. The normalized spacial score (nSPS) is 11.8. The highest BCUT2D eigenvalue weighted by atomic mass is 79.9. The van der Waals surface area contributed by atoms with Gasteiger partial charge < -0.3 is 15.0 Å². The van der Waals surface area contributed by atoms with E-state index in [0.29, 0.717) is 34.3 Å². The van der Waals surface area contributed by atoms with Gasteiger partial charge in [-0.05, 0) is 64.7 Å². The molecule has 0 saturated carbocycles. The minimum absolute atomic E-state index is 0.195. The molecule has 0 saturated heterocycles. The monoisotopic (exact) mass is 558 g/mol. The van der Waals surface area contributed by atoms with Gasteiger partial charge in [0.15, 0.2) is 6.61 Å². The van der Waals surface area contributed by atoms with Crippen LogP contribution < -0.4 is 10.1 Å². The molecule has 1 N–H and O–H groups in total. The summed E-state index contributed by atoms with van der Waals surface area (Å²) in [6, 6.07) is 12.1. The molecule has 0 spiro atoms. The van der Waals surface area contributed by atoms with E-state index < -0.39 is 6.04 Å². The number of ether oxygens (including phenoxy) is 1. The second-order valence-corrected chi connectivity index (χ2v) is 9.54. The molecule has 8 heteroatoms. The van der Waals surface area contributed by atoms with Crippen LogP contribution in [0.3, 0.4) is 0 Å². The fourth-order valence-electron chi connectivity index (χ4n) is 2.68. The van der Waals surface area contributed by atoms with Gasteiger partial charge in [0.1, 0.15) is 11.8 Å². The molecule has 162 valence electrons. The summed E-state index contributed by atoms with van der Waals surface area (Å²) in [7, 11) is 0. The number of halogens is 3. The van der Waals surface area contributed by atoms with E-state index in [1.807, 2.05) is 38.1 Å². The third-order valence-corrected chi connectivity index (χ3v) is 5.69. The largest absolute Gasteiger partial charge is 0.483 e. The van der Waals surface area contributed by atoms with Crippen LogP contribution in [-0.2, 0) is 16.1 Å². The van der Waals surface area contributed by atoms with Crippen LogP contribution in [0, 0.1) is 5.92 Å². The molecule has 2 amide bonds. The molecule has 0 unspecified atom stereocenters. The van der Waals surface area contributed by atoms with Crippen LogP contribution in [0.2, 0.25) is 5.02 Å². The van der Waals surface area contributed by atoms with Gasteiger partial charge in [0.05, 0.1) is 4.47 Å². The summed E-state index contributed by atoms with van der Waals surface area (Å²) in [6.45, 7) is 6.41. The molecule has 0 bridgehead atoms. The highest BCUT2D eigenvalue weighted by Crippen LogP contribution is 2.28. The Kier molecular flexibility index (Phi) is 9.65. The maximum atomic E-state index is 13.0. The van der Waals surface area contributed by atoms with E-state index >= 15 is 0 Å². The van der Waals surface area contributed by atoms with Crippen molar-refractivity contribution in [3.05, 3.63) is 62.0 Å². The quantitative estimate of drug-likeness (QED) is 0.445. The van der Waals surface area contributed by atoms with Crippen molar-refractivity contribution in [2.75, 3.05) is 13.2 Å². The van der Waals surface area contributed by atoms with Crippen molar-refractivity contribution in [2.45, 2.75) is 33.4 Å². The van der Waals surface area contributed by atoms with Gasteiger partial charge in [0.25, 0.3) is 5.91 Å². The van der Waals surface area contributed by atoms with Gasteiger partial charge >= 0.3 is 0 Å². The van der Waals surface area contributed by atoms with Crippen LogP contribution >= 0.6 is 43.5 Å². The van der Waals surface area contributed by atoms with Crippen LogP contribution in [0.5, 0.6) is 5.75 Å². The van der Waals surface area contributed by atoms with Gasteiger partial charge in [-0.3, -0.25) is 9.59 Å². The summed E-state index contributed by atoms with van der Waals surface area (Å²) in [5.41, 5.74) is 0.911. The lowest BCUT2D eigenvalue weighted by Gasteiger charge is -2.29. The Labute approximate surface area is 199 Å². The number of amides is 2. The van der Waals surface area contributed by atoms with Gasteiger partial charge in [-0.15, -0.1) is 0 Å². The van der Waals surface area contributed by atoms with Crippen molar-refractivity contribution in [3.63, 3.8) is 0 Å². The van der Waals surface area contributed by atoms with E-state index in [4.69, 9.17) is 16.3 Å². The summed E-state index contributed by atoms with van der Waals surface area (Å²) in [5, 5.41) is 3.46. The first-order chi connectivity index (χ1) is 14.2. The van der Waals surface area contributed by atoms with Gasteiger partial charge in [-0.25, -0.2) is 0 Å². The summed E-state index contributed by atoms with van der Waals surface area (Å²) in [4.78, 5) is 27.2.